The van der Waals surface area contributed by atoms with Gasteiger partial charge in [-0.1, -0.05) is 6.07 Å². The molecule has 1 unspecified atom stereocenters. The number of ether oxygens (including phenoxy) is 1. The maximum Gasteiger partial charge on any atom is 0.328 e. The average Bonchev–Trinajstić information content (AvgIpc) is 2.90. The van der Waals surface area contributed by atoms with E-state index >= 15 is 0 Å². The summed E-state index contributed by atoms with van der Waals surface area (Å²) in [4.78, 5) is 26.1. The maximum atomic E-state index is 12.5. The normalized spacial score (nSPS) is 18.1. The summed E-state index contributed by atoms with van der Waals surface area (Å²) < 4.78 is 5.05. The van der Waals surface area contributed by atoms with Crippen LogP contribution in [0, 0.1) is 13.8 Å². The lowest BCUT2D eigenvalue weighted by Gasteiger charge is -2.23. The van der Waals surface area contributed by atoms with Gasteiger partial charge in [-0.25, -0.2) is 4.79 Å². The fourth-order valence-electron chi connectivity index (χ4n) is 2.53. The van der Waals surface area contributed by atoms with E-state index in [9.17, 15) is 9.59 Å². The van der Waals surface area contributed by atoms with Crippen molar-refractivity contribution in [3.05, 3.63) is 34.9 Å². The Labute approximate surface area is 119 Å². The van der Waals surface area contributed by atoms with Gasteiger partial charge in [0.05, 0.1) is 6.61 Å². The minimum atomic E-state index is -0.427. The number of benzene rings is 1. The molecule has 1 aliphatic heterocycles. The lowest BCUT2D eigenvalue weighted by atomic mass is 10.1. The highest BCUT2D eigenvalue weighted by Crippen LogP contribution is 2.22. The highest BCUT2D eigenvalue weighted by molar-refractivity contribution is 5.97. The van der Waals surface area contributed by atoms with Crippen molar-refractivity contribution in [3.63, 3.8) is 0 Å². The zero-order chi connectivity index (χ0) is 14.7. The number of likely N-dealkylation sites (tertiary alicyclic amines) is 1. The Kier molecular flexibility index (Phi) is 4.42. The van der Waals surface area contributed by atoms with Gasteiger partial charge < -0.3 is 9.64 Å². The summed E-state index contributed by atoms with van der Waals surface area (Å²) >= 11 is 0. The zero-order valence-electron chi connectivity index (χ0n) is 12.3. The van der Waals surface area contributed by atoms with Crippen LogP contribution in [0.5, 0.6) is 0 Å². The van der Waals surface area contributed by atoms with E-state index in [1.54, 1.807) is 11.8 Å². The summed E-state index contributed by atoms with van der Waals surface area (Å²) in [6.45, 7) is 6.75. The first-order valence-corrected chi connectivity index (χ1v) is 7.09. The second kappa shape index (κ2) is 6.07. The van der Waals surface area contributed by atoms with E-state index in [0.29, 0.717) is 25.1 Å². The van der Waals surface area contributed by atoms with E-state index in [0.717, 1.165) is 17.5 Å². The molecule has 0 N–H and O–H groups in total. The molecule has 0 saturated carbocycles. The van der Waals surface area contributed by atoms with Crippen LogP contribution in [0.3, 0.4) is 0 Å². The van der Waals surface area contributed by atoms with Crippen molar-refractivity contribution in [2.24, 2.45) is 0 Å². The number of rotatable bonds is 3. The molecule has 0 aromatic heterocycles. The summed E-state index contributed by atoms with van der Waals surface area (Å²) in [5, 5.41) is 0. The topological polar surface area (TPSA) is 46.6 Å². The van der Waals surface area contributed by atoms with Crippen LogP contribution in [-0.2, 0) is 9.53 Å². The fraction of sp³-hybridized carbons (Fsp3) is 0.500. The molecule has 1 aromatic carbocycles. The van der Waals surface area contributed by atoms with Gasteiger partial charge in [0, 0.05) is 12.1 Å². The highest BCUT2D eigenvalue weighted by atomic mass is 16.5. The lowest BCUT2D eigenvalue weighted by Crippen LogP contribution is -2.41. The van der Waals surface area contributed by atoms with E-state index in [4.69, 9.17) is 4.74 Å². The van der Waals surface area contributed by atoms with Gasteiger partial charge in [0.25, 0.3) is 5.91 Å². The van der Waals surface area contributed by atoms with Gasteiger partial charge in [0.2, 0.25) is 0 Å². The van der Waals surface area contributed by atoms with E-state index in [-0.39, 0.29) is 11.9 Å². The van der Waals surface area contributed by atoms with E-state index < -0.39 is 6.04 Å². The average molecular weight is 275 g/mol. The second-order valence-corrected chi connectivity index (χ2v) is 5.21. The summed E-state index contributed by atoms with van der Waals surface area (Å²) in [6, 6.07) is 5.23. The van der Waals surface area contributed by atoms with Crippen molar-refractivity contribution in [1.29, 1.82) is 0 Å². The Balaban J connectivity index is 2.18. The standard InChI is InChI=1S/C16H21NO3/c1-4-20-16(19)14-6-5-9-17(14)15(18)13-8-7-11(2)12(3)10-13/h7-8,10,14H,4-6,9H2,1-3H3. The van der Waals surface area contributed by atoms with Crippen LogP contribution >= 0.6 is 0 Å². The molecule has 0 radical (unpaired) electrons. The zero-order valence-corrected chi connectivity index (χ0v) is 12.3. The molecule has 2 rings (SSSR count). The Hall–Kier alpha value is -1.84. The Morgan fingerprint density at radius 2 is 2.05 bits per heavy atom. The smallest absolute Gasteiger partial charge is 0.328 e. The molecule has 1 aromatic rings. The van der Waals surface area contributed by atoms with Crippen molar-refractivity contribution in [3.8, 4) is 0 Å². The number of carbonyl (C=O) groups excluding carboxylic acids is 2. The minimum absolute atomic E-state index is 0.0800. The first kappa shape index (κ1) is 14.6. The molecule has 0 aliphatic carbocycles. The van der Waals surface area contributed by atoms with Crippen molar-refractivity contribution in [2.45, 2.75) is 39.7 Å². The molecule has 1 heterocycles. The number of nitrogens with zero attached hydrogens (tertiary/aromatic N) is 1. The molecular weight excluding hydrogens is 254 g/mol. The van der Waals surface area contributed by atoms with Crippen LogP contribution in [0.2, 0.25) is 0 Å². The van der Waals surface area contributed by atoms with Crippen LogP contribution in [0.25, 0.3) is 0 Å². The van der Waals surface area contributed by atoms with Gasteiger partial charge in [-0.2, -0.15) is 0 Å². The quantitative estimate of drug-likeness (QED) is 0.796. The first-order valence-electron chi connectivity index (χ1n) is 7.09. The van der Waals surface area contributed by atoms with E-state index in [2.05, 4.69) is 0 Å². The summed E-state index contributed by atoms with van der Waals surface area (Å²) in [7, 11) is 0. The largest absolute Gasteiger partial charge is 0.464 e. The van der Waals surface area contributed by atoms with Gasteiger partial charge in [-0.05, 0) is 56.9 Å². The van der Waals surface area contributed by atoms with Crippen LogP contribution in [0.1, 0.15) is 41.3 Å². The van der Waals surface area contributed by atoms with Crippen molar-refractivity contribution in [1.82, 2.24) is 4.90 Å². The Morgan fingerprint density at radius 3 is 2.70 bits per heavy atom. The predicted octanol–water partition coefficient (Wildman–Crippen LogP) is 2.47. The molecule has 4 nitrogen and oxygen atoms in total. The molecule has 1 aliphatic rings. The second-order valence-electron chi connectivity index (χ2n) is 5.21. The first-order chi connectivity index (χ1) is 9.54. The number of amides is 1. The van der Waals surface area contributed by atoms with Crippen LogP contribution in [-0.4, -0.2) is 36.0 Å². The number of hydrogen-bond acceptors (Lipinski definition) is 3. The van der Waals surface area contributed by atoms with Crippen LogP contribution < -0.4 is 0 Å². The van der Waals surface area contributed by atoms with E-state index in [1.807, 2.05) is 32.0 Å². The van der Waals surface area contributed by atoms with Gasteiger partial charge in [-0.3, -0.25) is 4.79 Å². The molecule has 4 heteroatoms. The highest BCUT2D eigenvalue weighted by Gasteiger charge is 2.35. The molecule has 1 amide bonds. The molecule has 1 fully saturated rings. The number of esters is 1. The third kappa shape index (κ3) is 2.84. The van der Waals surface area contributed by atoms with Crippen LogP contribution in [0.4, 0.5) is 0 Å². The fourth-order valence-corrected chi connectivity index (χ4v) is 2.53. The van der Waals surface area contributed by atoms with Crippen molar-refractivity contribution in [2.75, 3.05) is 13.2 Å². The number of aryl methyl sites for hydroxylation is 2. The SMILES string of the molecule is CCOC(=O)C1CCCN1C(=O)c1ccc(C)c(C)c1. The molecule has 0 spiro atoms. The number of hydrogen-bond donors (Lipinski definition) is 0. The molecule has 108 valence electrons. The summed E-state index contributed by atoms with van der Waals surface area (Å²) in [6.07, 6.45) is 1.54. The van der Waals surface area contributed by atoms with Gasteiger partial charge in [0.1, 0.15) is 6.04 Å². The Bertz CT molecular complexity index is 524. The minimum Gasteiger partial charge on any atom is -0.464 e. The van der Waals surface area contributed by atoms with Crippen LogP contribution in [0.15, 0.2) is 18.2 Å². The predicted molar refractivity (Wildman–Crippen MR) is 76.6 cm³/mol. The molecule has 1 saturated heterocycles. The maximum absolute atomic E-state index is 12.5. The summed E-state index contributed by atoms with van der Waals surface area (Å²) in [5.41, 5.74) is 2.89. The van der Waals surface area contributed by atoms with Crippen molar-refractivity contribution < 1.29 is 14.3 Å². The third-order valence-electron chi connectivity index (χ3n) is 3.83. The molecule has 20 heavy (non-hydrogen) atoms. The number of carbonyl (C=O) groups is 2. The van der Waals surface area contributed by atoms with Gasteiger partial charge in [-0.15, -0.1) is 0 Å². The van der Waals surface area contributed by atoms with Gasteiger partial charge in [0.15, 0.2) is 0 Å². The van der Waals surface area contributed by atoms with Gasteiger partial charge >= 0.3 is 5.97 Å². The monoisotopic (exact) mass is 275 g/mol. The summed E-state index contributed by atoms with van der Waals surface area (Å²) in [5.74, 6) is -0.370. The Morgan fingerprint density at radius 1 is 1.30 bits per heavy atom. The van der Waals surface area contributed by atoms with Crippen molar-refractivity contribution >= 4 is 11.9 Å². The molecule has 0 bridgehead atoms. The lowest BCUT2D eigenvalue weighted by molar-refractivity contribution is -0.147. The third-order valence-corrected chi connectivity index (χ3v) is 3.83. The molecular formula is C16H21NO3. The van der Waals surface area contributed by atoms with E-state index in [1.165, 1.54) is 0 Å². The molecule has 1 atom stereocenters.